The van der Waals surface area contributed by atoms with Crippen molar-refractivity contribution < 1.29 is 13.6 Å². The van der Waals surface area contributed by atoms with Crippen molar-refractivity contribution in [2.75, 3.05) is 6.54 Å². The van der Waals surface area contributed by atoms with E-state index in [1.54, 1.807) is 0 Å². The average Bonchev–Trinajstić information content (AvgIpc) is 2.31. The zero-order chi connectivity index (χ0) is 14.6. The summed E-state index contributed by atoms with van der Waals surface area (Å²) >= 11 is 0. The molecule has 0 aliphatic rings. The van der Waals surface area contributed by atoms with Gasteiger partial charge in [0.05, 0.1) is 5.56 Å². The monoisotopic (exact) mass is 269 g/mol. The zero-order valence-electron chi connectivity index (χ0n) is 11.8. The van der Waals surface area contributed by atoms with Crippen LogP contribution in [0.5, 0.6) is 0 Å². The second-order valence-corrected chi connectivity index (χ2v) is 5.46. The summed E-state index contributed by atoms with van der Waals surface area (Å²) in [4.78, 5) is 11.8. The van der Waals surface area contributed by atoms with Gasteiger partial charge in [0.2, 0.25) is 0 Å². The van der Waals surface area contributed by atoms with Gasteiger partial charge in [-0.2, -0.15) is 0 Å². The molecule has 0 bridgehead atoms. The van der Waals surface area contributed by atoms with Gasteiger partial charge in [0.15, 0.2) is 11.6 Å². The lowest BCUT2D eigenvalue weighted by Gasteiger charge is -2.25. The predicted molar refractivity (Wildman–Crippen MR) is 71.9 cm³/mol. The summed E-state index contributed by atoms with van der Waals surface area (Å²) < 4.78 is 26.5. The molecular weight excluding hydrogens is 248 g/mol. The molecule has 1 rings (SSSR count). The zero-order valence-corrected chi connectivity index (χ0v) is 11.8. The maximum absolute atomic E-state index is 13.5. The highest BCUT2D eigenvalue weighted by Gasteiger charge is 2.20. The SMILES string of the molecule is CC(C)C(CNC(=O)c1cccc(F)c1F)C(C)C. The third kappa shape index (κ3) is 4.01. The van der Waals surface area contributed by atoms with Gasteiger partial charge in [-0.15, -0.1) is 0 Å². The molecule has 1 N–H and O–H groups in total. The number of benzene rings is 1. The molecular formula is C15H21F2NO. The first-order valence-corrected chi connectivity index (χ1v) is 6.56. The Morgan fingerprint density at radius 2 is 1.74 bits per heavy atom. The van der Waals surface area contributed by atoms with E-state index in [1.165, 1.54) is 12.1 Å². The molecule has 0 aliphatic heterocycles. The molecule has 0 fully saturated rings. The van der Waals surface area contributed by atoms with Gasteiger partial charge in [-0.05, 0) is 29.9 Å². The highest BCUT2D eigenvalue weighted by Crippen LogP contribution is 2.19. The second kappa shape index (κ2) is 6.64. The summed E-state index contributed by atoms with van der Waals surface area (Å²) in [5.41, 5.74) is -0.244. The number of amides is 1. The summed E-state index contributed by atoms with van der Waals surface area (Å²) in [5.74, 6) is -1.53. The summed E-state index contributed by atoms with van der Waals surface area (Å²) in [5, 5.41) is 2.68. The van der Waals surface area contributed by atoms with Crippen LogP contribution in [-0.4, -0.2) is 12.5 Å². The van der Waals surface area contributed by atoms with Crippen LogP contribution in [0.3, 0.4) is 0 Å². The van der Waals surface area contributed by atoms with Gasteiger partial charge >= 0.3 is 0 Å². The van der Waals surface area contributed by atoms with Crippen LogP contribution in [0.15, 0.2) is 18.2 Å². The molecule has 0 unspecified atom stereocenters. The Morgan fingerprint density at radius 1 is 1.16 bits per heavy atom. The van der Waals surface area contributed by atoms with Crippen molar-refractivity contribution in [1.29, 1.82) is 0 Å². The maximum atomic E-state index is 13.5. The minimum absolute atomic E-state index is 0.244. The van der Waals surface area contributed by atoms with Gasteiger partial charge in [0.1, 0.15) is 0 Å². The lowest BCUT2D eigenvalue weighted by Crippen LogP contribution is -2.34. The lowest BCUT2D eigenvalue weighted by molar-refractivity contribution is 0.0932. The number of rotatable bonds is 5. The van der Waals surface area contributed by atoms with Gasteiger partial charge in [-0.25, -0.2) is 8.78 Å². The maximum Gasteiger partial charge on any atom is 0.254 e. The van der Waals surface area contributed by atoms with Crippen LogP contribution in [0.2, 0.25) is 0 Å². The molecule has 0 spiro atoms. The van der Waals surface area contributed by atoms with Gasteiger partial charge in [0.25, 0.3) is 5.91 Å². The van der Waals surface area contributed by atoms with E-state index in [4.69, 9.17) is 0 Å². The molecule has 0 saturated heterocycles. The van der Waals surface area contributed by atoms with Crippen LogP contribution in [0.4, 0.5) is 8.78 Å². The summed E-state index contributed by atoms with van der Waals surface area (Å²) in [6, 6.07) is 3.61. The van der Waals surface area contributed by atoms with Crippen LogP contribution in [0, 0.1) is 29.4 Å². The molecule has 1 aromatic rings. The first kappa shape index (κ1) is 15.6. The number of carbonyl (C=O) groups excluding carboxylic acids is 1. The summed E-state index contributed by atoms with van der Waals surface area (Å²) in [6.07, 6.45) is 0. The topological polar surface area (TPSA) is 29.1 Å². The van der Waals surface area contributed by atoms with Crippen molar-refractivity contribution in [2.24, 2.45) is 17.8 Å². The molecule has 1 amide bonds. The molecule has 0 radical (unpaired) electrons. The summed E-state index contributed by atoms with van der Waals surface area (Å²) in [7, 11) is 0. The molecule has 1 aromatic carbocycles. The molecule has 106 valence electrons. The van der Waals surface area contributed by atoms with E-state index in [2.05, 4.69) is 33.0 Å². The predicted octanol–water partition coefficient (Wildman–Crippen LogP) is 3.62. The smallest absolute Gasteiger partial charge is 0.254 e. The van der Waals surface area contributed by atoms with Crippen molar-refractivity contribution in [2.45, 2.75) is 27.7 Å². The Balaban J connectivity index is 2.72. The van der Waals surface area contributed by atoms with E-state index in [9.17, 15) is 13.6 Å². The van der Waals surface area contributed by atoms with Crippen LogP contribution in [0.1, 0.15) is 38.1 Å². The van der Waals surface area contributed by atoms with Gasteiger partial charge in [-0.1, -0.05) is 33.8 Å². The Labute approximate surface area is 113 Å². The van der Waals surface area contributed by atoms with E-state index in [0.29, 0.717) is 24.3 Å². The molecule has 0 aliphatic carbocycles. The number of hydrogen-bond donors (Lipinski definition) is 1. The fraction of sp³-hybridized carbons (Fsp3) is 0.533. The van der Waals surface area contributed by atoms with Crippen molar-refractivity contribution in [3.8, 4) is 0 Å². The third-order valence-electron chi connectivity index (χ3n) is 3.41. The number of hydrogen-bond acceptors (Lipinski definition) is 1. The number of halogens is 2. The van der Waals surface area contributed by atoms with Crippen molar-refractivity contribution in [3.05, 3.63) is 35.4 Å². The minimum atomic E-state index is -1.09. The van der Waals surface area contributed by atoms with E-state index >= 15 is 0 Å². The average molecular weight is 269 g/mol. The standard InChI is InChI=1S/C15H21F2NO/c1-9(2)12(10(3)4)8-18-15(19)11-6-5-7-13(16)14(11)17/h5-7,9-10,12H,8H2,1-4H3,(H,18,19). The minimum Gasteiger partial charge on any atom is -0.352 e. The molecule has 19 heavy (non-hydrogen) atoms. The quantitative estimate of drug-likeness (QED) is 0.869. The Hall–Kier alpha value is -1.45. The van der Waals surface area contributed by atoms with Crippen LogP contribution in [0.25, 0.3) is 0 Å². The molecule has 0 aromatic heterocycles. The molecule has 0 saturated carbocycles. The van der Waals surface area contributed by atoms with Crippen LogP contribution in [-0.2, 0) is 0 Å². The number of nitrogens with one attached hydrogen (secondary N) is 1. The first-order chi connectivity index (χ1) is 8.84. The highest BCUT2D eigenvalue weighted by atomic mass is 19.2. The Bertz CT molecular complexity index is 436. The third-order valence-corrected chi connectivity index (χ3v) is 3.41. The first-order valence-electron chi connectivity index (χ1n) is 6.56. The molecule has 4 heteroatoms. The van der Waals surface area contributed by atoms with Gasteiger partial charge < -0.3 is 5.32 Å². The van der Waals surface area contributed by atoms with Gasteiger partial charge in [0, 0.05) is 6.54 Å². The van der Waals surface area contributed by atoms with Crippen LogP contribution >= 0.6 is 0 Å². The fourth-order valence-corrected chi connectivity index (χ4v) is 2.23. The Morgan fingerprint density at radius 3 is 2.26 bits per heavy atom. The van der Waals surface area contributed by atoms with E-state index < -0.39 is 17.5 Å². The fourth-order valence-electron chi connectivity index (χ4n) is 2.23. The number of carbonyl (C=O) groups is 1. The Kier molecular flexibility index (Phi) is 5.45. The molecule has 2 nitrogen and oxygen atoms in total. The molecule has 0 heterocycles. The van der Waals surface area contributed by atoms with Crippen molar-refractivity contribution >= 4 is 5.91 Å². The second-order valence-electron chi connectivity index (χ2n) is 5.46. The molecule has 0 atom stereocenters. The van der Waals surface area contributed by atoms with Crippen molar-refractivity contribution in [1.82, 2.24) is 5.32 Å². The largest absolute Gasteiger partial charge is 0.352 e. The highest BCUT2D eigenvalue weighted by molar-refractivity contribution is 5.94. The normalized spacial score (nSPS) is 11.4. The van der Waals surface area contributed by atoms with Crippen molar-refractivity contribution in [3.63, 3.8) is 0 Å². The van der Waals surface area contributed by atoms with E-state index in [0.717, 1.165) is 6.07 Å². The van der Waals surface area contributed by atoms with E-state index in [1.807, 2.05) is 0 Å². The lowest BCUT2D eigenvalue weighted by atomic mass is 9.85. The van der Waals surface area contributed by atoms with Gasteiger partial charge in [-0.3, -0.25) is 4.79 Å². The summed E-state index contributed by atoms with van der Waals surface area (Å²) in [6.45, 7) is 8.79. The van der Waals surface area contributed by atoms with E-state index in [-0.39, 0.29) is 5.56 Å². The van der Waals surface area contributed by atoms with Crippen LogP contribution < -0.4 is 5.32 Å².